The standard InChI is InChI=1S/C45H56N6O16.C38H53N5O12/c1-30(2)40(49-39(53)17-19-61-20-21-62-22-23-63-24-25-64-26-27-66-50-42(55)36-7-3-4-8-37(36)43(50)56)38(52)28-32(6-5-18-47-44(46)57)41(54)48-33-11-9-31(10-12-33)29-65-45(58)67-35-15-13-34(14-16-35)51(59)60;1-26(2)34(32(45)24-28(6-5-14-40-38(39)50)35(47)41-29-11-9-27(25-44)10-12-29)42-33(46)13-15-51-16-17-52-18-19-53-20-21-54-22-23-55-43-36(48)30-7-3-4-8-31(30)37(43)49/h3-4,7-16,30,32,40H,5-6,17-29H2,1-2H3,(H,48,54)(H,49,53)(H3,46,47,57);3-4,7-12,26,28,34,44H,5-6,13-25H2,1-2H3,(H,41,47)(H,42,46)(H3,39,40,50)/t32-,40+;28-,34+/m11/s1. The number of carbonyl (C=O) groups is 13. The molecule has 0 aliphatic carbocycles. The molecule has 2 aliphatic rings. The molecule has 664 valence electrons. The number of aliphatic hydroxyl groups is 1. The van der Waals surface area contributed by atoms with Crippen molar-refractivity contribution in [3.63, 3.8) is 0 Å². The van der Waals surface area contributed by atoms with Crippen LogP contribution in [0.15, 0.2) is 121 Å². The maximum atomic E-state index is 13.6. The van der Waals surface area contributed by atoms with Gasteiger partial charge in [0, 0.05) is 74.1 Å². The van der Waals surface area contributed by atoms with Crippen molar-refractivity contribution >= 4 is 94.1 Å². The number of urea groups is 2. The van der Waals surface area contributed by atoms with E-state index in [2.05, 4.69) is 31.9 Å². The highest BCUT2D eigenvalue weighted by Crippen LogP contribution is 2.27. The summed E-state index contributed by atoms with van der Waals surface area (Å²) in [5, 5.41) is 37.7. The number of rotatable bonds is 59. The number of anilines is 2. The molecule has 2 heterocycles. The van der Waals surface area contributed by atoms with Crippen LogP contribution in [0.5, 0.6) is 5.75 Å². The van der Waals surface area contributed by atoms with E-state index >= 15 is 0 Å². The van der Waals surface area contributed by atoms with Crippen molar-refractivity contribution in [1.82, 2.24) is 31.4 Å². The number of hydrogen-bond acceptors (Lipinski definition) is 28. The third kappa shape index (κ3) is 36.4. The Morgan fingerprint density at radius 1 is 0.443 bits per heavy atom. The van der Waals surface area contributed by atoms with Crippen LogP contribution in [0, 0.1) is 33.8 Å². The molecule has 5 aromatic carbocycles. The van der Waals surface area contributed by atoms with Gasteiger partial charge < -0.3 is 95.8 Å². The lowest BCUT2D eigenvalue weighted by Crippen LogP contribution is -2.45. The Morgan fingerprint density at radius 3 is 1.09 bits per heavy atom. The van der Waals surface area contributed by atoms with Crippen molar-refractivity contribution in [2.45, 2.75) is 104 Å². The number of amides is 12. The minimum atomic E-state index is -1.03. The van der Waals surface area contributed by atoms with Gasteiger partial charge in [-0.3, -0.25) is 67.7 Å². The summed E-state index contributed by atoms with van der Waals surface area (Å²) < 4.78 is 53.9. The van der Waals surface area contributed by atoms with Gasteiger partial charge >= 0.3 is 18.2 Å². The van der Waals surface area contributed by atoms with E-state index in [4.69, 9.17) is 68.5 Å². The van der Waals surface area contributed by atoms with Gasteiger partial charge in [0.2, 0.25) is 23.6 Å². The molecule has 11 N–H and O–H groups in total. The monoisotopic (exact) mass is 1710 g/mol. The van der Waals surface area contributed by atoms with Gasteiger partial charge in [-0.25, -0.2) is 14.4 Å². The maximum absolute atomic E-state index is 13.6. The third-order valence-corrected chi connectivity index (χ3v) is 18.2. The number of carbonyl (C=O) groups excluding carboxylic acids is 13. The lowest BCUT2D eigenvalue weighted by molar-refractivity contribution is -0.384. The van der Waals surface area contributed by atoms with E-state index in [0.717, 1.165) is 10.1 Å². The highest BCUT2D eigenvalue weighted by Gasteiger charge is 2.38. The Labute approximate surface area is 704 Å². The van der Waals surface area contributed by atoms with Gasteiger partial charge in [-0.2, -0.15) is 0 Å². The second-order valence-corrected chi connectivity index (χ2v) is 28.1. The zero-order valence-electron chi connectivity index (χ0n) is 68.7. The van der Waals surface area contributed by atoms with Gasteiger partial charge in [0.25, 0.3) is 29.3 Å². The summed E-state index contributed by atoms with van der Waals surface area (Å²) in [4.78, 5) is 184. The van der Waals surface area contributed by atoms with Crippen LogP contribution in [0.1, 0.15) is 132 Å². The number of primary amides is 2. The van der Waals surface area contributed by atoms with Crippen LogP contribution < -0.4 is 48.1 Å². The molecular weight excluding hydrogens is 1600 g/mol. The molecule has 122 heavy (non-hydrogen) atoms. The Hall–Kier alpha value is -11.6. The smallest absolute Gasteiger partial charge is 0.429 e. The molecule has 39 heteroatoms. The first-order valence-corrected chi connectivity index (χ1v) is 39.8. The minimum Gasteiger partial charge on any atom is -0.429 e. The van der Waals surface area contributed by atoms with E-state index in [1.165, 1.54) is 24.3 Å². The van der Waals surface area contributed by atoms with Gasteiger partial charge in [-0.1, -0.05) is 76.2 Å². The van der Waals surface area contributed by atoms with E-state index in [1.54, 1.807) is 125 Å². The zero-order chi connectivity index (χ0) is 88.6. The van der Waals surface area contributed by atoms with E-state index in [9.17, 15) is 77.5 Å². The fraction of sp³-hybridized carbons (Fsp3) is 0.482. The number of nitrogens with zero attached hydrogens (tertiary/aromatic N) is 3. The number of benzene rings is 5. The number of Topliss-reactive ketones (excluding diaryl/α,β-unsaturated/α-hetero) is 2. The molecule has 4 atom stereocenters. The summed E-state index contributed by atoms with van der Waals surface area (Å²) in [6.45, 7) is 11.2. The number of hydroxylamine groups is 4. The summed E-state index contributed by atoms with van der Waals surface area (Å²) in [5.74, 6) is -6.30. The number of nitrogens with two attached hydrogens (primary N) is 2. The predicted octanol–water partition coefficient (Wildman–Crippen LogP) is 6.06. The number of ketones is 2. The predicted molar refractivity (Wildman–Crippen MR) is 435 cm³/mol. The van der Waals surface area contributed by atoms with E-state index < -0.39 is 82.5 Å². The summed E-state index contributed by atoms with van der Waals surface area (Å²) in [7, 11) is 0. The molecule has 0 spiro atoms. The zero-order valence-corrected chi connectivity index (χ0v) is 68.7. The Bertz CT molecular complexity index is 4140. The van der Waals surface area contributed by atoms with E-state index in [-0.39, 0.29) is 191 Å². The van der Waals surface area contributed by atoms with Crippen LogP contribution in [0.4, 0.5) is 31.4 Å². The molecule has 0 saturated carbocycles. The molecule has 12 amide bonds. The number of non-ortho nitro benzene ring substituents is 1. The first kappa shape index (κ1) is 99.2. The van der Waals surface area contributed by atoms with Crippen molar-refractivity contribution in [3.8, 4) is 5.75 Å². The fourth-order valence-corrected chi connectivity index (χ4v) is 11.8. The number of imide groups is 2. The summed E-state index contributed by atoms with van der Waals surface area (Å²) in [5.41, 5.74) is 13.5. The molecule has 0 unspecified atom stereocenters. The summed E-state index contributed by atoms with van der Waals surface area (Å²) in [6, 6.07) is 27.8. The molecule has 5 aromatic rings. The average Bonchev–Trinajstić information content (AvgIpc) is 1.65. The minimum absolute atomic E-state index is 0.00886. The Kier molecular flexibility index (Phi) is 45.0. The number of ether oxygens (including phenoxy) is 10. The van der Waals surface area contributed by atoms with Crippen LogP contribution in [0.2, 0.25) is 0 Å². The normalized spacial score (nSPS) is 13.1. The molecule has 0 bridgehead atoms. The van der Waals surface area contributed by atoms with Crippen molar-refractivity contribution in [2.24, 2.45) is 35.1 Å². The van der Waals surface area contributed by atoms with Gasteiger partial charge in [0.15, 0.2) is 11.6 Å². The SMILES string of the molecule is CC(C)[C@H](NC(=O)CCOCCOCCOCCOCCON1C(=O)c2ccccc2C1=O)C(=O)C[C@@H](CCCNC(N)=O)C(=O)Nc1ccc(CO)cc1.CC(C)[C@H](NC(=O)CCOCCOCCOCCOCCON1C(=O)c2ccccc2C1=O)C(=O)C[C@@H](CCCNC(N)=O)C(=O)Nc1ccc(COC(=O)Oc2ccc([N+](=O)[O-])cc2)cc1. The second kappa shape index (κ2) is 55.3. The van der Waals surface area contributed by atoms with Gasteiger partial charge in [0.05, 0.1) is 165 Å². The third-order valence-electron chi connectivity index (χ3n) is 18.2. The Morgan fingerprint density at radius 2 is 0.770 bits per heavy atom. The summed E-state index contributed by atoms with van der Waals surface area (Å²) in [6.07, 6.45) is -0.0873. The quantitative estimate of drug-likeness (QED) is 0.00533. The Balaban J connectivity index is 0.000000385. The van der Waals surface area contributed by atoms with Gasteiger partial charge in [-0.15, -0.1) is 10.1 Å². The van der Waals surface area contributed by atoms with Crippen molar-refractivity contribution in [1.29, 1.82) is 0 Å². The molecule has 2 aliphatic heterocycles. The first-order valence-electron chi connectivity index (χ1n) is 39.8. The van der Waals surface area contributed by atoms with E-state index in [0.29, 0.717) is 97.1 Å². The second-order valence-electron chi connectivity index (χ2n) is 28.1. The molecule has 0 aromatic heterocycles. The molecule has 0 saturated heterocycles. The maximum Gasteiger partial charge on any atom is 0.514 e. The average molecular weight is 1710 g/mol. The lowest BCUT2D eigenvalue weighted by atomic mass is 9.89. The molecule has 7 rings (SSSR count). The molecular formula is C83H109N11O28. The number of hydrogen-bond donors (Lipinski definition) is 9. The number of nitro groups is 1. The number of fused-ring (bicyclic) bond motifs is 2. The van der Waals surface area contributed by atoms with Crippen molar-refractivity contribution in [2.75, 3.05) is 143 Å². The highest BCUT2D eigenvalue weighted by molar-refractivity contribution is 6.21. The number of aliphatic hydroxyl groups excluding tert-OH is 1. The highest BCUT2D eigenvalue weighted by atomic mass is 16.7. The van der Waals surface area contributed by atoms with Crippen LogP contribution in [-0.2, 0) is 94.3 Å². The fourth-order valence-electron chi connectivity index (χ4n) is 11.8. The number of nitrogens with one attached hydrogen (secondary N) is 6. The van der Waals surface area contributed by atoms with Crippen LogP contribution in [0.3, 0.4) is 0 Å². The molecule has 0 radical (unpaired) electrons. The van der Waals surface area contributed by atoms with Gasteiger partial charge in [-0.05, 0) is 109 Å². The van der Waals surface area contributed by atoms with Crippen LogP contribution >= 0.6 is 0 Å². The first-order chi connectivity index (χ1) is 58.7. The van der Waals surface area contributed by atoms with Crippen LogP contribution in [0.25, 0.3) is 0 Å². The van der Waals surface area contributed by atoms with Gasteiger partial charge in [0.1, 0.15) is 12.4 Å². The van der Waals surface area contributed by atoms with Crippen LogP contribution in [-0.4, -0.2) is 241 Å². The summed E-state index contributed by atoms with van der Waals surface area (Å²) >= 11 is 0. The van der Waals surface area contributed by atoms with E-state index in [1.807, 2.05) is 0 Å². The molecule has 0 fully saturated rings. The number of nitro benzene ring substituents is 1. The van der Waals surface area contributed by atoms with Crippen molar-refractivity contribution < 1.29 is 129 Å². The topological polar surface area (TPSA) is 527 Å². The molecule has 39 nitrogen and oxygen atoms in total. The lowest BCUT2D eigenvalue weighted by Gasteiger charge is -2.24. The van der Waals surface area contributed by atoms with Crippen molar-refractivity contribution in [3.05, 3.63) is 165 Å². The largest absolute Gasteiger partial charge is 0.514 e.